The van der Waals surface area contributed by atoms with E-state index in [0.29, 0.717) is 41.8 Å². The molecule has 0 aliphatic heterocycles. The predicted octanol–water partition coefficient (Wildman–Crippen LogP) is 2.53. The van der Waals surface area contributed by atoms with Crippen molar-refractivity contribution in [2.24, 2.45) is 0 Å². The summed E-state index contributed by atoms with van der Waals surface area (Å²) in [6, 6.07) is 10.7. The Morgan fingerprint density at radius 1 is 1.07 bits per heavy atom. The Labute approximate surface area is 161 Å². The monoisotopic (exact) mass is 385 g/mol. The quantitative estimate of drug-likeness (QED) is 0.641. The van der Waals surface area contributed by atoms with Crippen LogP contribution in [-0.4, -0.2) is 39.3 Å². The van der Waals surface area contributed by atoms with Gasteiger partial charge in [-0.25, -0.2) is 4.39 Å². The maximum Gasteiger partial charge on any atom is 0.251 e. The summed E-state index contributed by atoms with van der Waals surface area (Å²) in [7, 11) is 0. The molecule has 1 N–H and O–H groups in total. The Balaban J connectivity index is 1.72. The van der Waals surface area contributed by atoms with Gasteiger partial charge in [-0.15, -0.1) is 5.10 Å². The van der Waals surface area contributed by atoms with Crippen LogP contribution in [0.1, 0.15) is 30.0 Å². The van der Waals surface area contributed by atoms with E-state index in [4.69, 9.17) is 9.47 Å². The van der Waals surface area contributed by atoms with Gasteiger partial charge in [0.15, 0.2) is 17.3 Å². The lowest BCUT2D eigenvalue weighted by Crippen LogP contribution is -2.24. The van der Waals surface area contributed by atoms with Crippen LogP contribution in [0, 0.1) is 5.82 Å². The molecule has 0 fully saturated rings. The number of amides is 1. The molecule has 8 nitrogen and oxygen atoms in total. The number of aromatic nitrogens is 4. The van der Waals surface area contributed by atoms with Gasteiger partial charge in [-0.1, -0.05) is 0 Å². The van der Waals surface area contributed by atoms with Crippen LogP contribution in [0.2, 0.25) is 0 Å². The number of tetrazole rings is 1. The Morgan fingerprint density at radius 2 is 1.79 bits per heavy atom. The van der Waals surface area contributed by atoms with E-state index >= 15 is 0 Å². The van der Waals surface area contributed by atoms with Gasteiger partial charge < -0.3 is 14.8 Å². The summed E-state index contributed by atoms with van der Waals surface area (Å²) < 4.78 is 25.6. The first kappa shape index (κ1) is 19.3. The average Bonchev–Trinajstić information content (AvgIpc) is 3.17. The lowest BCUT2D eigenvalue weighted by Gasteiger charge is -2.12. The van der Waals surface area contributed by atoms with Crippen LogP contribution in [0.15, 0.2) is 42.5 Å². The van der Waals surface area contributed by atoms with Crippen molar-refractivity contribution in [3.8, 4) is 17.2 Å². The molecule has 3 aromatic rings. The minimum absolute atomic E-state index is 0.0976. The molecule has 9 heteroatoms. The number of nitrogens with zero attached hydrogens (tertiary/aromatic N) is 4. The molecule has 0 aliphatic carbocycles. The molecule has 146 valence electrons. The number of rotatable bonds is 8. The molecule has 0 bridgehead atoms. The summed E-state index contributed by atoms with van der Waals surface area (Å²) in [5.74, 6) is 0.843. The van der Waals surface area contributed by atoms with E-state index in [1.54, 1.807) is 30.3 Å². The number of nitrogens with one attached hydrogen (secondary N) is 1. The topological polar surface area (TPSA) is 91.2 Å². The first-order valence-electron chi connectivity index (χ1n) is 8.83. The Bertz CT molecular complexity index is 943. The van der Waals surface area contributed by atoms with Crippen LogP contribution >= 0.6 is 0 Å². The fourth-order valence-corrected chi connectivity index (χ4v) is 2.55. The molecule has 2 aromatic carbocycles. The second-order valence-corrected chi connectivity index (χ2v) is 5.69. The van der Waals surface area contributed by atoms with Gasteiger partial charge in [0.2, 0.25) is 0 Å². The SMILES string of the molecule is CCOc1ccc(C(=O)NCc2nnnn2-c2ccc(F)cc2)cc1OCC. The van der Waals surface area contributed by atoms with Gasteiger partial charge in [-0.05, 0) is 66.7 Å². The van der Waals surface area contributed by atoms with Crippen LogP contribution in [0.4, 0.5) is 4.39 Å². The zero-order chi connectivity index (χ0) is 19.9. The number of carbonyl (C=O) groups excluding carboxylic acids is 1. The smallest absolute Gasteiger partial charge is 0.251 e. The minimum atomic E-state index is -0.354. The van der Waals surface area contributed by atoms with Crippen molar-refractivity contribution in [2.45, 2.75) is 20.4 Å². The van der Waals surface area contributed by atoms with Gasteiger partial charge in [-0.3, -0.25) is 4.79 Å². The first-order chi connectivity index (χ1) is 13.6. The third-order valence-corrected chi connectivity index (χ3v) is 3.82. The molecule has 1 heterocycles. The lowest BCUT2D eigenvalue weighted by molar-refractivity contribution is 0.0949. The van der Waals surface area contributed by atoms with Gasteiger partial charge in [-0.2, -0.15) is 4.68 Å². The molecule has 0 aliphatic rings. The second-order valence-electron chi connectivity index (χ2n) is 5.69. The van der Waals surface area contributed by atoms with E-state index in [1.165, 1.54) is 16.8 Å². The van der Waals surface area contributed by atoms with Gasteiger partial charge >= 0.3 is 0 Å². The van der Waals surface area contributed by atoms with Gasteiger partial charge in [0.1, 0.15) is 5.82 Å². The molecule has 0 spiro atoms. The molecule has 1 amide bonds. The maximum atomic E-state index is 13.1. The van der Waals surface area contributed by atoms with Crippen LogP contribution < -0.4 is 14.8 Å². The molecule has 0 saturated carbocycles. The Morgan fingerprint density at radius 3 is 2.50 bits per heavy atom. The van der Waals surface area contributed by atoms with Crippen LogP contribution in [-0.2, 0) is 6.54 Å². The summed E-state index contributed by atoms with van der Waals surface area (Å²) in [6.45, 7) is 4.79. The van der Waals surface area contributed by atoms with Crippen molar-refractivity contribution in [3.63, 3.8) is 0 Å². The van der Waals surface area contributed by atoms with Gasteiger partial charge in [0, 0.05) is 5.56 Å². The number of ether oxygens (including phenoxy) is 2. The lowest BCUT2D eigenvalue weighted by atomic mass is 10.2. The van der Waals surface area contributed by atoms with Crippen molar-refractivity contribution < 1.29 is 18.7 Å². The summed E-state index contributed by atoms with van der Waals surface area (Å²) >= 11 is 0. The highest BCUT2D eigenvalue weighted by molar-refractivity contribution is 5.94. The largest absolute Gasteiger partial charge is 0.490 e. The maximum absolute atomic E-state index is 13.1. The Hall–Kier alpha value is -3.49. The second kappa shape index (κ2) is 8.94. The zero-order valence-corrected chi connectivity index (χ0v) is 15.6. The van der Waals surface area contributed by atoms with E-state index in [2.05, 4.69) is 20.8 Å². The summed E-state index contributed by atoms with van der Waals surface area (Å²) in [6.07, 6.45) is 0. The fraction of sp³-hybridized carbons (Fsp3) is 0.263. The highest BCUT2D eigenvalue weighted by Crippen LogP contribution is 2.28. The Kier molecular flexibility index (Phi) is 6.15. The van der Waals surface area contributed by atoms with E-state index in [9.17, 15) is 9.18 Å². The highest BCUT2D eigenvalue weighted by atomic mass is 19.1. The molecule has 0 atom stereocenters. The molecule has 0 saturated heterocycles. The van der Waals surface area contributed by atoms with E-state index in [0.717, 1.165) is 0 Å². The molecule has 0 radical (unpaired) electrons. The molecule has 1 aromatic heterocycles. The van der Waals surface area contributed by atoms with E-state index in [1.807, 2.05) is 13.8 Å². The van der Waals surface area contributed by atoms with Crippen LogP contribution in [0.5, 0.6) is 11.5 Å². The standard InChI is InChI=1S/C19H20FN5O3/c1-3-27-16-10-5-13(11-17(16)28-4-2)19(26)21-12-18-22-23-24-25(18)15-8-6-14(20)7-9-15/h5-11H,3-4,12H2,1-2H3,(H,21,26). The van der Waals surface area contributed by atoms with Crippen molar-refractivity contribution in [1.82, 2.24) is 25.5 Å². The number of hydrogen-bond acceptors (Lipinski definition) is 6. The van der Waals surface area contributed by atoms with Gasteiger partial charge in [0.05, 0.1) is 25.4 Å². The summed E-state index contributed by atoms with van der Waals surface area (Å²) in [5, 5.41) is 14.2. The van der Waals surface area contributed by atoms with Crippen molar-refractivity contribution in [2.75, 3.05) is 13.2 Å². The average molecular weight is 385 g/mol. The minimum Gasteiger partial charge on any atom is -0.490 e. The number of hydrogen-bond donors (Lipinski definition) is 1. The van der Waals surface area contributed by atoms with Crippen molar-refractivity contribution in [1.29, 1.82) is 0 Å². The van der Waals surface area contributed by atoms with Crippen molar-refractivity contribution in [3.05, 3.63) is 59.7 Å². The molecular formula is C19H20FN5O3. The third kappa shape index (κ3) is 4.43. The first-order valence-corrected chi connectivity index (χ1v) is 8.83. The number of carbonyl (C=O) groups is 1. The molecule has 0 unspecified atom stereocenters. The fourth-order valence-electron chi connectivity index (χ4n) is 2.55. The summed E-state index contributed by atoms with van der Waals surface area (Å²) in [4.78, 5) is 12.5. The zero-order valence-electron chi connectivity index (χ0n) is 15.6. The predicted molar refractivity (Wildman–Crippen MR) is 99.1 cm³/mol. The van der Waals surface area contributed by atoms with Gasteiger partial charge in [0.25, 0.3) is 5.91 Å². The summed E-state index contributed by atoms with van der Waals surface area (Å²) in [5.41, 5.74) is 1.02. The van der Waals surface area contributed by atoms with Crippen LogP contribution in [0.3, 0.4) is 0 Å². The molecular weight excluding hydrogens is 365 g/mol. The third-order valence-electron chi connectivity index (χ3n) is 3.82. The normalized spacial score (nSPS) is 10.5. The number of halogens is 1. The van der Waals surface area contributed by atoms with E-state index < -0.39 is 0 Å². The van der Waals surface area contributed by atoms with E-state index in [-0.39, 0.29) is 18.3 Å². The highest BCUT2D eigenvalue weighted by Gasteiger charge is 2.14. The van der Waals surface area contributed by atoms with Crippen molar-refractivity contribution >= 4 is 5.91 Å². The number of benzene rings is 2. The molecule has 28 heavy (non-hydrogen) atoms. The van der Waals surface area contributed by atoms with Crippen LogP contribution in [0.25, 0.3) is 5.69 Å². The molecule has 3 rings (SSSR count).